The highest BCUT2D eigenvalue weighted by molar-refractivity contribution is 6.28. The minimum Gasteiger partial charge on any atom is -0.362 e. The zero-order valence-corrected chi connectivity index (χ0v) is 7.66. The molecule has 1 rings (SSSR count). The molecule has 0 saturated carbocycles. The van der Waals surface area contributed by atoms with Crippen LogP contribution in [-0.2, 0) is 0 Å². The van der Waals surface area contributed by atoms with Crippen LogP contribution in [0.25, 0.3) is 0 Å². The second-order valence-electron chi connectivity index (χ2n) is 2.25. The molecule has 0 saturated heterocycles. The molecule has 0 aromatic carbocycles. The highest BCUT2D eigenvalue weighted by Gasteiger charge is 2.15. The molecule has 6 nitrogen and oxygen atoms in total. The maximum absolute atomic E-state index is 11.8. The summed E-state index contributed by atoms with van der Waals surface area (Å²) in [5.41, 5.74) is -0.331. The molecule has 0 amide bonds. The van der Waals surface area contributed by atoms with Crippen molar-refractivity contribution in [2.45, 2.75) is 0 Å². The molecule has 0 aliphatic rings. The molecule has 76 valence electrons. The number of halogens is 2. The summed E-state index contributed by atoms with van der Waals surface area (Å²) in [5.74, 6) is -0.0762. The Morgan fingerprint density at radius 1 is 1.71 bits per heavy atom. The van der Waals surface area contributed by atoms with Crippen LogP contribution in [0.2, 0.25) is 5.28 Å². The van der Waals surface area contributed by atoms with Crippen molar-refractivity contribution in [1.29, 1.82) is 0 Å². The summed E-state index contributed by atoms with van der Waals surface area (Å²) < 4.78 is 11.8. The van der Waals surface area contributed by atoms with Crippen molar-refractivity contribution in [2.24, 2.45) is 0 Å². The lowest BCUT2D eigenvalue weighted by atomic mass is 10.5. The lowest BCUT2D eigenvalue weighted by Gasteiger charge is -2.02. The summed E-state index contributed by atoms with van der Waals surface area (Å²) in [6, 6.07) is 0. The van der Waals surface area contributed by atoms with E-state index in [1.54, 1.807) is 0 Å². The van der Waals surface area contributed by atoms with Gasteiger partial charge in [-0.25, -0.2) is 9.37 Å². The number of nitrogens with zero attached hydrogens (tertiary/aromatic N) is 3. The molecule has 1 aromatic rings. The van der Waals surface area contributed by atoms with Gasteiger partial charge in [0, 0.05) is 6.54 Å². The highest BCUT2D eigenvalue weighted by Crippen LogP contribution is 2.21. The Bertz CT molecular complexity index is 349. The fraction of sp³-hybridized carbons (Fsp3) is 0.333. The molecule has 1 heterocycles. The zero-order chi connectivity index (χ0) is 10.6. The van der Waals surface area contributed by atoms with Crippen LogP contribution < -0.4 is 5.32 Å². The van der Waals surface area contributed by atoms with E-state index < -0.39 is 11.6 Å². The summed E-state index contributed by atoms with van der Waals surface area (Å²) >= 11 is 5.42. The van der Waals surface area contributed by atoms with Gasteiger partial charge in [0.05, 0.1) is 4.92 Å². The summed E-state index contributed by atoms with van der Waals surface area (Å²) in [5, 5.41) is 12.7. The number of nitrogens with one attached hydrogen (secondary N) is 1. The van der Waals surface area contributed by atoms with Crippen molar-refractivity contribution in [3.05, 3.63) is 21.6 Å². The Balaban J connectivity index is 2.97. The van der Waals surface area contributed by atoms with Gasteiger partial charge in [0.2, 0.25) is 11.1 Å². The second kappa shape index (κ2) is 4.66. The molecule has 1 N–H and O–H groups in total. The van der Waals surface area contributed by atoms with Gasteiger partial charge >= 0.3 is 5.69 Å². The molecule has 0 bridgehead atoms. The Labute approximate surface area is 83.3 Å². The van der Waals surface area contributed by atoms with E-state index in [1.165, 1.54) is 0 Å². The van der Waals surface area contributed by atoms with Gasteiger partial charge in [0.15, 0.2) is 0 Å². The van der Waals surface area contributed by atoms with Crippen molar-refractivity contribution in [2.75, 3.05) is 18.5 Å². The van der Waals surface area contributed by atoms with Crippen LogP contribution in [0, 0.1) is 10.1 Å². The fourth-order valence-corrected chi connectivity index (χ4v) is 0.917. The number of alkyl halides is 1. The van der Waals surface area contributed by atoms with Crippen LogP contribution >= 0.6 is 11.6 Å². The number of hydrogen-bond donors (Lipinski definition) is 1. The standard InChI is InChI=1S/C6H6ClFN4O2/c7-6-10-3-4(12(13)14)5(11-6)9-2-1-8/h3H,1-2H2,(H,9,10,11). The monoisotopic (exact) mass is 220 g/mol. The Morgan fingerprint density at radius 2 is 2.43 bits per heavy atom. The van der Waals surface area contributed by atoms with Gasteiger partial charge in [0.1, 0.15) is 12.9 Å². The molecular weight excluding hydrogens is 215 g/mol. The molecule has 1 aromatic heterocycles. The summed E-state index contributed by atoms with van der Waals surface area (Å²) in [6.45, 7) is -0.715. The van der Waals surface area contributed by atoms with Crippen LogP contribution in [0.3, 0.4) is 0 Å². The maximum Gasteiger partial charge on any atom is 0.329 e. The van der Waals surface area contributed by atoms with Crippen LogP contribution in [0.4, 0.5) is 15.9 Å². The number of anilines is 1. The quantitative estimate of drug-likeness (QED) is 0.472. The van der Waals surface area contributed by atoms with Crippen molar-refractivity contribution in [3.8, 4) is 0 Å². The molecule has 0 unspecified atom stereocenters. The van der Waals surface area contributed by atoms with Gasteiger partial charge in [-0.3, -0.25) is 10.1 Å². The van der Waals surface area contributed by atoms with Crippen molar-refractivity contribution in [3.63, 3.8) is 0 Å². The molecule has 0 fully saturated rings. The first kappa shape index (κ1) is 10.6. The Kier molecular flexibility index (Phi) is 3.52. The second-order valence-corrected chi connectivity index (χ2v) is 2.58. The lowest BCUT2D eigenvalue weighted by Crippen LogP contribution is -2.08. The lowest BCUT2D eigenvalue weighted by molar-refractivity contribution is -0.384. The fourth-order valence-electron chi connectivity index (χ4n) is 0.783. The SMILES string of the molecule is O=[N+]([O-])c1cnc(Cl)nc1NCCF. The maximum atomic E-state index is 11.8. The number of nitro groups is 1. The van der Waals surface area contributed by atoms with E-state index in [1.807, 2.05) is 0 Å². The minimum absolute atomic E-state index is 0.0613. The molecule has 14 heavy (non-hydrogen) atoms. The van der Waals surface area contributed by atoms with Gasteiger partial charge in [0.25, 0.3) is 0 Å². The van der Waals surface area contributed by atoms with Crippen LogP contribution in [0.5, 0.6) is 0 Å². The van der Waals surface area contributed by atoms with E-state index in [2.05, 4.69) is 15.3 Å². The van der Waals surface area contributed by atoms with Gasteiger partial charge in [-0.2, -0.15) is 4.98 Å². The van der Waals surface area contributed by atoms with Gasteiger partial charge < -0.3 is 5.32 Å². The predicted octanol–water partition coefficient (Wildman–Crippen LogP) is 1.42. The molecule has 0 atom stereocenters. The Hall–Kier alpha value is -1.50. The summed E-state index contributed by atoms with van der Waals surface area (Å²) in [6.07, 6.45) is 0.968. The molecule has 0 aliphatic heterocycles. The van der Waals surface area contributed by atoms with E-state index >= 15 is 0 Å². The predicted molar refractivity (Wildman–Crippen MR) is 48.2 cm³/mol. The third-order valence-corrected chi connectivity index (χ3v) is 1.51. The first-order valence-corrected chi connectivity index (χ1v) is 3.99. The molecular formula is C6H6ClFN4O2. The van der Waals surface area contributed by atoms with Crippen LogP contribution in [-0.4, -0.2) is 28.1 Å². The normalized spacial score (nSPS) is 9.86. The number of aromatic nitrogens is 2. The number of rotatable bonds is 4. The van der Waals surface area contributed by atoms with E-state index in [4.69, 9.17) is 11.6 Å². The zero-order valence-electron chi connectivity index (χ0n) is 6.91. The molecule has 0 spiro atoms. The molecule has 0 aliphatic carbocycles. The third-order valence-electron chi connectivity index (χ3n) is 1.32. The summed E-state index contributed by atoms with van der Waals surface area (Å²) in [4.78, 5) is 16.8. The van der Waals surface area contributed by atoms with E-state index in [0.717, 1.165) is 6.20 Å². The van der Waals surface area contributed by atoms with Gasteiger partial charge in [-0.05, 0) is 11.6 Å². The highest BCUT2D eigenvalue weighted by atomic mass is 35.5. The minimum atomic E-state index is -0.670. The van der Waals surface area contributed by atoms with E-state index in [-0.39, 0.29) is 23.3 Å². The smallest absolute Gasteiger partial charge is 0.329 e. The van der Waals surface area contributed by atoms with Gasteiger partial charge in [-0.15, -0.1) is 0 Å². The average molecular weight is 221 g/mol. The van der Waals surface area contributed by atoms with Crippen molar-refractivity contribution < 1.29 is 9.31 Å². The third kappa shape index (κ3) is 2.49. The van der Waals surface area contributed by atoms with Crippen molar-refractivity contribution >= 4 is 23.1 Å². The summed E-state index contributed by atoms with van der Waals surface area (Å²) in [7, 11) is 0. The van der Waals surface area contributed by atoms with Crippen LogP contribution in [0.15, 0.2) is 6.20 Å². The largest absolute Gasteiger partial charge is 0.362 e. The molecule has 0 radical (unpaired) electrons. The van der Waals surface area contributed by atoms with E-state index in [9.17, 15) is 14.5 Å². The first-order chi connectivity index (χ1) is 6.65. The van der Waals surface area contributed by atoms with Crippen LogP contribution in [0.1, 0.15) is 0 Å². The number of hydrogen-bond acceptors (Lipinski definition) is 5. The topological polar surface area (TPSA) is 81.0 Å². The average Bonchev–Trinajstić information content (AvgIpc) is 2.14. The van der Waals surface area contributed by atoms with E-state index in [0.29, 0.717) is 0 Å². The van der Waals surface area contributed by atoms with Crippen molar-refractivity contribution in [1.82, 2.24) is 9.97 Å². The Morgan fingerprint density at radius 3 is 3.00 bits per heavy atom. The molecule has 8 heteroatoms. The van der Waals surface area contributed by atoms with Gasteiger partial charge in [-0.1, -0.05) is 0 Å². The first-order valence-electron chi connectivity index (χ1n) is 3.62.